The molecule has 3 saturated heterocycles. The lowest BCUT2D eigenvalue weighted by Gasteiger charge is -2.38. The van der Waals surface area contributed by atoms with Crippen LogP contribution >= 0.6 is 11.9 Å². The first-order chi connectivity index (χ1) is 19.5. The molecule has 4 heterocycles. The Hall–Kier alpha value is -2.88. The van der Waals surface area contributed by atoms with Gasteiger partial charge in [-0.25, -0.2) is 0 Å². The zero-order valence-electron chi connectivity index (χ0n) is 22.7. The predicted molar refractivity (Wildman–Crippen MR) is 154 cm³/mol. The van der Waals surface area contributed by atoms with E-state index in [1.165, 1.54) is 29.7 Å². The fourth-order valence-electron chi connectivity index (χ4n) is 6.37. The minimum absolute atomic E-state index is 0.105. The van der Waals surface area contributed by atoms with Gasteiger partial charge >= 0.3 is 0 Å². The Labute approximate surface area is 239 Å². The molecule has 4 fully saturated rings. The van der Waals surface area contributed by atoms with E-state index in [9.17, 15) is 14.4 Å². The second-order valence-corrected chi connectivity index (χ2v) is 13.1. The molecule has 1 atom stereocenters. The highest BCUT2D eigenvalue weighted by Gasteiger charge is 2.39. The van der Waals surface area contributed by atoms with Crippen LogP contribution in [0.25, 0.3) is 0 Å². The largest absolute Gasteiger partial charge is 0.377 e. The first kappa shape index (κ1) is 26.0. The third-order valence-electron chi connectivity index (χ3n) is 8.92. The van der Waals surface area contributed by atoms with Gasteiger partial charge in [0, 0.05) is 36.0 Å². The van der Waals surface area contributed by atoms with Crippen LogP contribution in [0.3, 0.4) is 0 Å². The highest BCUT2D eigenvalue weighted by Crippen LogP contribution is 2.41. The maximum Gasteiger partial charge on any atom is 0.255 e. The summed E-state index contributed by atoms with van der Waals surface area (Å²) in [6.45, 7) is 5.14. The number of nitrogens with zero attached hydrogens (tertiary/aromatic N) is 3. The first-order valence-corrected chi connectivity index (χ1v) is 15.5. The predicted octanol–water partition coefficient (Wildman–Crippen LogP) is 3.84. The average molecular weight is 561 g/mol. The summed E-state index contributed by atoms with van der Waals surface area (Å²) in [5.74, 6) is -0.254. The molecule has 0 bridgehead atoms. The number of hydrogen-bond donors (Lipinski definition) is 1. The fraction of sp³-hybridized carbons (Fsp3) is 0.516. The van der Waals surface area contributed by atoms with Gasteiger partial charge in [-0.05, 0) is 97.9 Å². The lowest BCUT2D eigenvalue weighted by atomic mass is 9.87. The van der Waals surface area contributed by atoms with E-state index in [2.05, 4.69) is 50.9 Å². The summed E-state index contributed by atoms with van der Waals surface area (Å²) in [7, 11) is 0. The van der Waals surface area contributed by atoms with Gasteiger partial charge in [0.2, 0.25) is 11.8 Å². The third kappa shape index (κ3) is 5.27. The summed E-state index contributed by atoms with van der Waals surface area (Å²) in [5.41, 5.74) is 5.64. The van der Waals surface area contributed by atoms with Crippen molar-refractivity contribution in [3.63, 3.8) is 0 Å². The summed E-state index contributed by atoms with van der Waals surface area (Å²) < 4.78 is 8.00. The minimum Gasteiger partial charge on any atom is -0.377 e. The summed E-state index contributed by atoms with van der Waals surface area (Å²) in [4.78, 5) is 41.2. The molecule has 2 aromatic carbocycles. The van der Waals surface area contributed by atoms with E-state index in [0.717, 1.165) is 56.5 Å². The van der Waals surface area contributed by atoms with Crippen LogP contribution in [0.1, 0.15) is 71.5 Å². The smallest absolute Gasteiger partial charge is 0.255 e. The van der Waals surface area contributed by atoms with Crippen molar-refractivity contribution in [3.05, 3.63) is 64.7 Å². The van der Waals surface area contributed by atoms with E-state index in [0.29, 0.717) is 30.5 Å². The molecule has 7 rings (SSSR count). The van der Waals surface area contributed by atoms with Crippen LogP contribution in [0.15, 0.2) is 42.5 Å². The molecule has 3 amide bonds. The highest BCUT2D eigenvalue weighted by molar-refractivity contribution is 8.01. The molecule has 1 unspecified atom stereocenters. The topological polar surface area (TPSA) is 82.2 Å². The number of hydrogen-bond acceptors (Lipinski definition) is 7. The van der Waals surface area contributed by atoms with Crippen LogP contribution in [0.4, 0.5) is 5.69 Å². The molecule has 0 radical (unpaired) electrons. The van der Waals surface area contributed by atoms with Crippen molar-refractivity contribution in [3.8, 4) is 0 Å². The molecule has 9 heteroatoms. The molecule has 0 aromatic heterocycles. The van der Waals surface area contributed by atoms with E-state index in [1.54, 1.807) is 4.90 Å². The zero-order valence-corrected chi connectivity index (χ0v) is 23.5. The number of nitrogens with one attached hydrogen (secondary N) is 1. The number of imide groups is 1. The van der Waals surface area contributed by atoms with Crippen molar-refractivity contribution in [2.75, 3.05) is 30.6 Å². The number of rotatable bonds is 8. The van der Waals surface area contributed by atoms with Gasteiger partial charge in [0.1, 0.15) is 6.04 Å². The standard InChI is InChI=1S/C31H36N4O4S/c36-29-9-8-28(30(37)32-29)34-17-23-15-22(4-7-27(23)31(34)38)21-10-12-33(13-11-21)16-20-2-1-3-24(14-20)35(25-18-39-19-25)40-26-5-6-26/h1-4,7,14-15,21,25-26,28H,5-6,8-13,16-19H2,(H,32,36,37). The minimum atomic E-state index is -0.566. The molecule has 1 N–H and O–H groups in total. The van der Waals surface area contributed by atoms with Gasteiger partial charge in [-0.1, -0.05) is 24.3 Å². The quantitative estimate of drug-likeness (QED) is 0.388. The molecule has 40 heavy (non-hydrogen) atoms. The molecular formula is C31H36N4O4S. The van der Waals surface area contributed by atoms with E-state index in [4.69, 9.17) is 4.74 Å². The van der Waals surface area contributed by atoms with Crippen molar-refractivity contribution < 1.29 is 19.1 Å². The zero-order chi connectivity index (χ0) is 27.2. The van der Waals surface area contributed by atoms with E-state index in [1.807, 2.05) is 18.0 Å². The summed E-state index contributed by atoms with van der Waals surface area (Å²) in [6, 6.07) is 15.2. The normalized spacial score (nSPS) is 24.1. The van der Waals surface area contributed by atoms with Gasteiger partial charge in [0.05, 0.1) is 19.3 Å². The summed E-state index contributed by atoms with van der Waals surface area (Å²) >= 11 is 2.00. The second-order valence-electron chi connectivity index (χ2n) is 11.9. The first-order valence-electron chi connectivity index (χ1n) is 14.6. The number of likely N-dealkylation sites (tertiary alicyclic amines) is 1. The van der Waals surface area contributed by atoms with Crippen LogP contribution < -0.4 is 9.62 Å². The number of ether oxygens (including phenoxy) is 1. The molecular weight excluding hydrogens is 524 g/mol. The average Bonchev–Trinajstić information content (AvgIpc) is 3.69. The SMILES string of the molecule is O=C1CCC(N2Cc3cc(C4CCN(Cc5cccc(N(SC6CC6)C6COC6)c5)CC4)ccc3C2=O)C(=O)N1. The number of fused-ring (bicyclic) bond motifs is 1. The van der Waals surface area contributed by atoms with E-state index >= 15 is 0 Å². The van der Waals surface area contributed by atoms with Gasteiger partial charge in [-0.2, -0.15) is 0 Å². The summed E-state index contributed by atoms with van der Waals surface area (Å²) in [5, 5.41) is 3.15. The lowest BCUT2D eigenvalue weighted by Crippen LogP contribution is -2.52. The Morgan fingerprint density at radius 3 is 2.52 bits per heavy atom. The van der Waals surface area contributed by atoms with Crippen LogP contribution in [0.2, 0.25) is 0 Å². The lowest BCUT2D eigenvalue weighted by molar-refractivity contribution is -0.136. The van der Waals surface area contributed by atoms with E-state index < -0.39 is 6.04 Å². The monoisotopic (exact) mass is 560 g/mol. The maximum atomic E-state index is 13.1. The van der Waals surface area contributed by atoms with Crippen molar-refractivity contribution in [2.45, 2.75) is 74.9 Å². The number of amides is 3. The third-order valence-corrected chi connectivity index (χ3v) is 10.4. The Balaban J connectivity index is 0.965. The van der Waals surface area contributed by atoms with Crippen LogP contribution in [0.5, 0.6) is 0 Å². The number of benzene rings is 2. The number of carbonyl (C=O) groups is 3. The van der Waals surface area contributed by atoms with Crippen LogP contribution in [-0.2, 0) is 27.4 Å². The maximum absolute atomic E-state index is 13.1. The van der Waals surface area contributed by atoms with Gasteiger partial charge < -0.3 is 13.9 Å². The van der Waals surface area contributed by atoms with E-state index in [-0.39, 0.29) is 24.1 Å². The molecule has 4 aliphatic heterocycles. The Kier molecular flexibility index (Phi) is 7.06. The number of carbonyl (C=O) groups excluding carboxylic acids is 3. The van der Waals surface area contributed by atoms with Gasteiger partial charge in [-0.3, -0.25) is 24.6 Å². The molecule has 5 aliphatic rings. The molecule has 8 nitrogen and oxygen atoms in total. The van der Waals surface area contributed by atoms with Gasteiger partial charge in [0.25, 0.3) is 5.91 Å². The van der Waals surface area contributed by atoms with Gasteiger partial charge in [-0.15, -0.1) is 0 Å². The number of anilines is 1. The van der Waals surface area contributed by atoms with Crippen LogP contribution in [0, 0.1) is 0 Å². The van der Waals surface area contributed by atoms with Crippen molar-refractivity contribution in [1.29, 1.82) is 0 Å². The fourth-order valence-corrected chi connectivity index (χ4v) is 7.57. The Morgan fingerprint density at radius 2 is 1.80 bits per heavy atom. The number of piperidine rings is 2. The van der Waals surface area contributed by atoms with Crippen molar-refractivity contribution >= 4 is 35.4 Å². The van der Waals surface area contributed by atoms with Crippen LogP contribution in [-0.4, -0.2) is 71.2 Å². The Morgan fingerprint density at radius 1 is 0.975 bits per heavy atom. The second kappa shape index (κ2) is 10.8. The molecule has 2 aromatic rings. The van der Waals surface area contributed by atoms with Crippen molar-refractivity contribution in [1.82, 2.24) is 15.1 Å². The van der Waals surface area contributed by atoms with Gasteiger partial charge in [0.15, 0.2) is 0 Å². The molecule has 1 aliphatic carbocycles. The highest BCUT2D eigenvalue weighted by atomic mass is 32.2. The van der Waals surface area contributed by atoms with Crippen molar-refractivity contribution in [2.24, 2.45) is 0 Å². The molecule has 1 saturated carbocycles. The molecule has 210 valence electrons. The Bertz CT molecular complexity index is 1320. The summed E-state index contributed by atoms with van der Waals surface area (Å²) in [6.07, 6.45) is 5.49. The molecule has 0 spiro atoms.